The Kier molecular flexibility index (Phi) is 9.90. The van der Waals surface area contributed by atoms with Crippen LogP contribution in [0.2, 0.25) is 0 Å². The molecule has 0 heterocycles. The summed E-state index contributed by atoms with van der Waals surface area (Å²) in [5.41, 5.74) is 2.33. The van der Waals surface area contributed by atoms with E-state index in [0.29, 0.717) is 12.3 Å². The Hall–Kier alpha value is -3.00. The minimum absolute atomic E-state index is 0.260. The Labute approximate surface area is 184 Å². The highest BCUT2D eigenvalue weighted by atomic mass is 32.2. The molecule has 0 saturated heterocycles. The number of ether oxygens (including phenoxy) is 1. The van der Waals surface area contributed by atoms with Gasteiger partial charge in [0.15, 0.2) is 9.84 Å². The predicted molar refractivity (Wildman–Crippen MR) is 123 cm³/mol. The molecule has 0 amide bonds. The van der Waals surface area contributed by atoms with Crippen LogP contribution < -0.4 is 5.32 Å². The molecule has 2 rings (SSSR count). The third-order valence-corrected chi connectivity index (χ3v) is 5.60. The van der Waals surface area contributed by atoms with Crippen LogP contribution >= 0.6 is 0 Å². The van der Waals surface area contributed by atoms with Crippen molar-refractivity contribution in [3.63, 3.8) is 0 Å². The van der Waals surface area contributed by atoms with Crippen LogP contribution in [-0.4, -0.2) is 33.8 Å². The molecule has 0 aliphatic carbocycles. The molecule has 0 spiro atoms. The molecule has 8 heteroatoms. The summed E-state index contributed by atoms with van der Waals surface area (Å²) in [7, 11) is -3.21. The monoisotopic (exact) mass is 443 g/mol. The fourth-order valence-electron chi connectivity index (χ4n) is 2.74. The Balaban J connectivity index is 1.65. The Morgan fingerprint density at radius 1 is 0.935 bits per heavy atom. The highest BCUT2D eigenvalue weighted by Gasteiger charge is 2.05. The quantitative estimate of drug-likeness (QED) is 0.188. The number of sulfone groups is 1. The van der Waals surface area contributed by atoms with Crippen LogP contribution in [0.1, 0.15) is 32.1 Å². The van der Waals surface area contributed by atoms with E-state index in [0.717, 1.165) is 50.0 Å². The number of hydrogen-bond donors (Lipinski definition) is 1. The van der Waals surface area contributed by atoms with Crippen molar-refractivity contribution in [1.82, 2.24) is 0 Å². The van der Waals surface area contributed by atoms with E-state index in [2.05, 4.69) is 22.1 Å². The molecular formula is C23H29N3O4S. The van der Waals surface area contributed by atoms with Crippen molar-refractivity contribution in [3.8, 4) is 0 Å². The Morgan fingerprint density at radius 2 is 1.48 bits per heavy atom. The minimum Gasteiger partial charge on any atom is -0.463 e. The molecule has 7 nitrogen and oxygen atoms in total. The second-order valence-corrected chi connectivity index (χ2v) is 9.09. The molecule has 2 aromatic rings. The number of azo groups is 1. The molecule has 0 saturated carbocycles. The van der Waals surface area contributed by atoms with Crippen LogP contribution in [0, 0.1) is 0 Å². The van der Waals surface area contributed by atoms with Gasteiger partial charge < -0.3 is 10.1 Å². The molecule has 0 fully saturated rings. The first kappa shape index (κ1) is 24.3. The van der Waals surface area contributed by atoms with Gasteiger partial charge >= 0.3 is 5.97 Å². The van der Waals surface area contributed by atoms with Crippen LogP contribution in [0.4, 0.5) is 17.1 Å². The third-order valence-electron chi connectivity index (χ3n) is 4.47. The summed E-state index contributed by atoms with van der Waals surface area (Å²) in [6.07, 6.45) is 7.57. The van der Waals surface area contributed by atoms with Crippen molar-refractivity contribution in [1.29, 1.82) is 0 Å². The van der Waals surface area contributed by atoms with Crippen molar-refractivity contribution in [3.05, 3.63) is 61.2 Å². The fourth-order valence-corrected chi connectivity index (χ4v) is 3.37. The number of benzene rings is 2. The molecule has 0 aliphatic heterocycles. The molecule has 31 heavy (non-hydrogen) atoms. The highest BCUT2D eigenvalue weighted by Crippen LogP contribution is 2.21. The molecule has 166 valence electrons. The van der Waals surface area contributed by atoms with Gasteiger partial charge in [-0.3, -0.25) is 0 Å². The zero-order valence-electron chi connectivity index (χ0n) is 17.8. The molecule has 2 aromatic carbocycles. The zero-order valence-corrected chi connectivity index (χ0v) is 18.6. The molecule has 1 N–H and O–H groups in total. The van der Waals surface area contributed by atoms with Gasteiger partial charge in [0.1, 0.15) is 0 Å². The van der Waals surface area contributed by atoms with E-state index >= 15 is 0 Å². The maximum absolute atomic E-state index is 11.5. The SMILES string of the molecule is C=CC(=O)OCCCCCCCNc1ccc(N=Nc2ccc(S(C)(=O)=O)cc2)cc1. The lowest BCUT2D eigenvalue weighted by Crippen LogP contribution is -2.02. The number of rotatable bonds is 13. The second kappa shape index (κ2) is 12.6. The van der Waals surface area contributed by atoms with Gasteiger partial charge in [-0.25, -0.2) is 13.2 Å². The average molecular weight is 444 g/mol. The van der Waals surface area contributed by atoms with Crippen molar-refractivity contribution in [2.75, 3.05) is 24.7 Å². The number of carbonyl (C=O) groups excluding carboxylic acids is 1. The van der Waals surface area contributed by atoms with Gasteiger partial charge in [0.25, 0.3) is 0 Å². The van der Waals surface area contributed by atoms with E-state index in [1.807, 2.05) is 24.3 Å². The standard InChI is InChI=1S/C23H29N3O4S/c1-3-23(27)30-18-8-6-4-5-7-17-24-19-9-11-20(12-10-19)25-26-21-13-15-22(16-14-21)31(2,28)29/h3,9-16,24H,1,4-8,17-18H2,2H3. The van der Waals surface area contributed by atoms with E-state index in [1.165, 1.54) is 24.5 Å². The van der Waals surface area contributed by atoms with E-state index < -0.39 is 9.84 Å². The van der Waals surface area contributed by atoms with Gasteiger partial charge in [-0.2, -0.15) is 10.2 Å². The summed E-state index contributed by atoms with van der Waals surface area (Å²) in [6, 6.07) is 14.0. The summed E-state index contributed by atoms with van der Waals surface area (Å²) in [6.45, 7) is 4.71. The molecule has 0 radical (unpaired) electrons. The van der Waals surface area contributed by atoms with Gasteiger partial charge in [-0.05, 0) is 61.4 Å². The molecule has 0 aliphatic rings. The van der Waals surface area contributed by atoms with Gasteiger partial charge in [-0.1, -0.05) is 25.8 Å². The highest BCUT2D eigenvalue weighted by molar-refractivity contribution is 7.90. The smallest absolute Gasteiger partial charge is 0.330 e. The number of esters is 1. The lowest BCUT2D eigenvalue weighted by Gasteiger charge is -2.06. The van der Waals surface area contributed by atoms with Crippen LogP contribution in [0.5, 0.6) is 0 Å². The molecule has 0 unspecified atom stereocenters. The van der Waals surface area contributed by atoms with Crippen LogP contribution in [-0.2, 0) is 19.4 Å². The van der Waals surface area contributed by atoms with Gasteiger partial charge in [-0.15, -0.1) is 0 Å². The number of hydrogen-bond acceptors (Lipinski definition) is 7. The van der Waals surface area contributed by atoms with Gasteiger partial charge in [0.05, 0.1) is 22.9 Å². The summed E-state index contributed by atoms with van der Waals surface area (Å²) in [4.78, 5) is 11.2. The Bertz CT molecular complexity index is 969. The van der Waals surface area contributed by atoms with E-state index in [9.17, 15) is 13.2 Å². The van der Waals surface area contributed by atoms with E-state index in [1.54, 1.807) is 12.1 Å². The van der Waals surface area contributed by atoms with Gasteiger partial charge in [0.2, 0.25) is 0 Å². The largest absolute Gasteiger partial charge is 0.463 e. The van der Waals surface area contributed by atoms with Crippen LogP contribution in [0.3, 0.4) is 0 Å². The normalized spacial score (nSPS) is 11.4. The lowest BCUT2D eigenvalue weighted by atomic mass is 10.1. The first-order valence-electron chi connectivity index (χ1n) is 10.2. The average Bonchev–Trinajstić information content (AvgIpc) is 2.76. The number of unbranched alkanes of at least 4 members (excludes halogenated alkanes) is 4. The van der Waals surface area contributed by atoms with Crippen molar-refractivity contribution in [2.45, 2.75) is 37.0 Å². The summed E-state index contributed by atoms with van der Waals surface area (Å²) in [5.74, 6) is -0.361. The number of carbonyl (C=O) groups is 1. The summed E-state index contributed by atoms with van der Waals surface area (Å²) >= 11 is 0. The van der Waals surface area contributed by atoms with Crippen molar-refractivity contribution in [2.24, 2.45) is 10.2 Å². The minimum atomic E-state index is -3.21. The number of anilines is 1. The van der Waals surface area contributed by atoms with E-state index in [4.69, 9.17) is 4.74 Å². The molecule has 0 bridgehead atoms. The summed E-state index contributed by atoms with van der Waals surface area (Å²) in [5, 5.41) is 11.7. The summed E-state index contributed by atoms with van der Waals surface area (Å²) < 4.78 is 27.9. The number of nitrogens with one attached hydrogen (secondary N) is 1. The Morgan fingerprint density at radius 3 is 2.06 bits per heavy atom. The first-order valence-corrected chi connectivity index (χ1v) is 12.1. The van der Waals surface area contributed by atoms with Gasteiger partial charge in [0, 0.05) is 24.6 Å². The predicted octanol–water partition coefficient (Wildman–Crippen LogP) is 5.60. The number of nitrogens with zero attached hydrogens (tertiary/aromatic N) is 2. The van der Waals surface area contributed by atoms with Crippen LogP contribution in [0.15, 0.2) is 76.3 Å². The van der Waals surface area contributed by atoms with Crippen molar-refractivity contribution >= 4 is 32.9 Å². The lowest BCUT2D eigenvalue weighted by molar-refractivity contribution is -0.137. The fraction of sp³-hybridized carbons (Fsp3) is 0.348. The third kappa shape index (κ3) is 9.57. The maximum atomic E-state index is 11.5. The first-order chi connectivity index (χ1) is 14.9. The molecule has 0 atom stereocenters. The second-order valence-electron chi connectivity index (χ2n) is 7.08. The van der Waals surface area contributed by atoms with Crippen molar-refractivity contribution < 1.29 is 17.9 Å². The van der Waals surface area contributed by atoms with E-state index in [-0.39, 0.29) is 10.9 Å². The molecular weight excluding hydrogens is 414 g/mol. The molecule has 0 aromatic heterocycles. The van der Waals surface area contributed by atoms with Crippen LogP contribution in [0.25, 0.3) is 0 Å². The maximum Gasteiger partial charge on any atom is 0.330 e. The zero-order chi connectivity index (χ0) is 22.5. The topological polar surface area (TPSA) is 97.2 Å².